The second-order valence-corrected chi connectivity index (χ2v) is 8.37. The number of quaternary nitrogens is 1. The Morgan fingerprint density at radius 2 is 1.54 bits per heavy atom. The van der Waals surface area contributed by atoms with Crippen LogP contribution in [0.2, 0.25) is 0 Å². The summed E-state index contributed by atoms with van der Waals surface area (Å²) in [5.41, 5.74) is 1.36. The van der Waals surface area contributed by atoms with Crippen molar-refractivity contribution in [1.82, 2.24) is 5.32 Å². The van der Waals surface area contributed by atoms with Gasteiger partial charge in [0.2, 0.25) is 0 Å². The van der Waals surface area contributed by atoms with Gasteiger partial charge in [0.15, 0.2) is 6.61 Å². The molecule has 1 saturated heterocycles. The standard InChI is InChI=1S/C21H32N2O3.2ClH/c1-23(2,19-11-13-22-14-12-19)18-7-3-16(4-8-18)17-5-9-20(10-6-17)26-15-21(24)25;;/h5-6,9-10,16,18-19,22H,3-4,7-8,11-15H2,1-2H3;2*1H/p+1. The van der Waals surface area contributed by atoms with Crippen LogP contribution < -0.4 is 10.1 Å². The monoisotopic (exact) mass is 433 g/mol. The smallest absolute Gasteiger partial charge is 0.341 e. The van der Waals surface area contributed by atoms with E-state index in [1.165, 1.54) is 48.6 Å². The zero-order chi connectivity index (χ0) is 18.6. The number of rotatable bonds is 6. The summed E-state index contributed by atoms with van der Waals surface area (Å²) in [7, 11) is 4.88. The summed E-state index contributed by atoms with van der Waals surface area (Å²) >= 11 is 0. The summed E-state index contributed by atoms with van der Waals surface area (Å²) in [6.07, 6.45) is 7.66. The van der Waals surface area contributed by atoms with Gasteiger partial charge < -0.3 is 19.6 Å². The van der Waals surface area contributed by atoms with E-state index < -0.39 is 5.97 Å². The topological polar surface area (TPSA) is 58.6 Å². The van der Waals surface area contributed by atoms with Crippen LogP contribution in [-0.2, 0) is 4.79 Å². The first-order chi connectivity index (χ1) is 12.5. The van der Waals surface area contributed by atoms with Crippen LogP contribution in [0.4, 0.5) is 0 Å². The van der Waals surface area contributed by atoms with Gasteiger partial charge in [-0.15, -0.1) is 24.8 Å². The average molecular weight is 434 g/mol. The number of piperidine rings is 1. The molecule has 0 unspecified atom stereocenters. The van der Waals surface area contributed by atoms with Gasteiger partial charge in [-0.1, -0.05) is 12.1 Å². The van der Waals surface area contributed by atoms with Gasteiger partial charge in [0, 0.05) is 38.8 Å². The van der Waals surface area contributed by atoms with Crippen LogP contribution in [0.5, 0.6) is 5.75 Å². The average Bonchev–Trinajstić information content (AvgIpc) is 2.67. The van der Waals surface area contributed by atoms with Crippen LogP contribution >= 0.6 is 24.8 Å². The SMILES string of the molecule is C[N+](C)(C1CCNCC1)C1CCC(c2ccc(OCC(=O)O)cc2)CC1.Cl.Cl. The Bertz CT molecular complexity index is 596. The summed E-state index contributed by atoms with van der Waals surface area (Å²) < 4.78 is 6.41. The lowest BCUT2D eigenvalue weighted by Gasteiger charge is -2.48. The maximum Gasteiger partial charge on any atom is 0.341 e. The molecule has 1 heterocycles. The van der Waals surface area contributed by atoms with E-state index in [0.717, 1.165) is 25.2 Å². The van der Waals surface area contributed by atoms with E-state index in [1.54, 1.807) is 0 Å². The molecule has 0 amide bonds. The van der Waals surface area contributed by atoms with E-state index in [-0.39, 0.29) is 31.4 Å². The molecule has 28 heavy (non-hydrogen) atoms. The minimum absolute atomic E-state index is 0. The fraction of sp³-hybridized carbons (Fsp3) is 0.667. The fourth-order valence-electron chi connectivity index (χ4n) is 4.83. The fourth-order valence-corrected chi connectivity index (χ4v) is 4.83. The van der Waals surface area contributed by atoms with Crippen LogP contribution in [0.3, 0.4) is 0 Å². The predicted molar refractivity (Wildman–Crippen MR) is 117 cm³/mol. The highest BCUT2D eigenvalue weighted by atomic mass is 35.5. The summed E-state index contributed by atoms with van der Waals surface area (Å²) in [5, 5.41) is 12.2. The highest BCUT2D eigenvalue weighted by molar-refractivity contribution is 5.85. The molecular formula is C21H35Cl2N2O3+. The van der Waals surface area contributed by atoms with Crippen LogP contribution in [0.15, 0.2) is 24.3 Å². The Morgan fingerprint density at radius 1 is 1.00 bits per heavy atom. The molecule has 0 spiro atoms. The van der Waals surface area contributed by atoms with Crippen molar-refractivity contribution >= 4 is 30.8 Å². The Balaban J connectivity index is 0.00000196. The molecule has 2 aliphatic rings. The lowest BCUT2D eigenvalue weighted by Crippen LogP contribution is -2.59. The number of carboxylic acids is 1. The maximum absolute atomic E-state index is 10.6. The van der Waals surface area contributed by atoms with Crippen molar-refractivity contribution in [3.8, 4) is 5.75 Å². The molecule has 7 heteroatoms. The summed E-state index contributed by atoms with van der Waals surface area (Å²) in [6.45, 7) is 2.05. The van der Waals surface area contributed by atoms with Crippen LogP contribution in [0, 0.1) is 0 Å². The summed E-state index contributed by atoms with van der Waals surface area (Å²) in [6, 6.07) is 9.58. The molecule has 1 aliphatic carbocycles. The quantitative estimate of drug-likeness (QED) is 0.668. The van der Waals surface area contributed by atoms with Gasteiger partial charge in [-0.3, -0.25) is 0 Å². The molecule has 3 rings (SSSR count). The highest BCUT2D eigenvalue weighted by Gasteiger charge is 2.39. The van der Waals surface area contributed by atoms with Gasteiger partial charge in [-0.2, -0.15) is 0 Å². The number of nitrogens with one attached hydrogen (secondary N) is 1. The molecule has 0 aromatic heterocycles. The summed E-state index contributed by atoms with van der Waals surface area (Å²) in [4.78, 5) is 10.6. The number of carboxylic acid groups (broad SMARTS) is 1. The molecule has 160 valence electrons. The predicted octanol–water partition coefficient (Wildman–Crippen LogP) is 3.85. The van der Waals surface area contributed by atoms with Gasteiger partial charge >= 0.3 is 5.97 Å². The highest BCUT2D eigenvalue weighted by Crippen LogP contribution is 2.38. The Morgan fingerprint density at radius 3 is 2.07 bits per heavy atom. The van der Waals surface area contributed by atoms with Crippen LogP contribution in [0.25, 0.3) is 0 Å². The lowest BCUT2D eigenvalue weighted by atomic mass is 9.80. The first-order valence-corrected chi connectivity index (χ1v) is 9.95. The van der Waals surface area contributed by atoms with Gasteiger partial charge in [0.05, 0.1) is 26.2 Å². The zero-order valence-corrected chi connectivity index (χ0v) is 18.6. The first kappa shape index (κ1) is 25.0. The summed E-state index contributed by atoms with van der Waals surface area (Å²) in [5.74, 6) is 0.309. The number of carbonyl (C=O) groups is 1. The van der Waals surface area contributed by atoms with E-state index in [9.17, 15) is 4.79 Å². The third kappa shape index (κ3) is 6.24. The van der Waals surface area contributed by atoms with Crippen LogP contribution in [0.1, 0.15) is 50.0 Å². The maximum atomic E-state index is 10.6. The van der Waals surface area contributed by atoms with Crippen LogP contribution in [-0.4, -0.2) is 61.4 Å². The largest absolute Gasteiger partial charge is 0.482 e. The third-order valence-electron chi connectivity index (χ3n) is 6.60. The van der Waals surface area contributed by atoms with Gasteiger partial charge in [0.25, 0.3) is 0 Å². The number of hydrogen-bond acceptors (Lipinski definition) is 3. The van der Waals surface area contributed by atoms with Crippen molar-refractivity contribution in [3.05, 3.63) is 29.8 Å². The van der Waals surface area contributed by atoms with E-state index in [4.69, 9.17) is 9.84 Å². The Labute approximate surface area is 181 Å². The number of benzene rings is 1. The van der Waals surface area contributed by atoms with E-state index in [2.05, 4.69) is 31.5 Å². The van der Waals surface area contributed by atoms with Crippen molar-refractivity contribution in [3.63, 3.8) is 0 Å². The number of hydrogen-bond donors (Lipinski definition) is 2. The van der Waals surface area contributed by atoms with Gasteiger partial charge in [0.1, 0.15) is 5.75 Å². The molecule has 0 radical (unpaired) electrons. The zero-order valence-electron chi connectivity index (χ0n) is 16.9. The van der Waals surface area contributed by atoms with Crippen molar-refractivity contribution in [2.45, 2.75) is 56.5 Å². The van der Waals surface area contributed by atoms with E-state index in [1.807, 2.05) is 12.1 Å². The lowest BCUT2D eigenvalue weighted by molar-refractivity contribution is -0.940. The number of ether oxygens (including phenoxy) is 1. The molecule has 0 atom stereocenters. The Kier molecular flexibility index (Phi) is 10.1. The van der Waals surface area contributed by atoms with Gasteiger partial charge in [-0.25, -0.2) is 4.79 Å². The molecule has 1 aromatic rings. The molecule has 1 aromatic carbocycles. The number of nitrogens with zero attached hydrogens (tertiary/aromatic N) is 1. The van der Waals surface area contributed by atoms with Crippen molar-refractivity contribution in [1.29, 1.82) is 0 Å². The second-order valence-electron chi connectivity index (χ2n) is 8.37. The molecule has 2 N–H and O–H groups in total. The molecule has 5 nitrogen and oxygen atoms in total. The third-order valence-corrected chi connectivity index (χ3v) is 6.60. The molecular weight excluding hydrogens is 399 g/mol. The Hall–Kier alpha value is -1.01. The minimum Gasteiger partial charge on any atom is -0.482 e. The van der Waals surface area contributed by atoms with Crippen molar-refractivity contribution < 1.29 is 19.1 Å². The number of halogens is 2. The normalized spacial score (nSPS) is 23.2. The van der Waals surface area contributed by atoms with Crippen molar-refractivity contribution in [2.75, 3.05) is 33.8 Å². The van der Waals surface area contributed by atoms with E-state index in [0.29, 0.717) is 11.7 Å². The molecule has 1 saturated carbocycles. The second kappa shape index (κ2) is 11.2. The molecule has 1 aliphatic heterocycles. The first-order valence-electron chi connectivity index (χ1n) is 9.95. The molecule has 2 fully saturated rings. The molecule has 0 bridgehead atoms. The van der Waals surface area contributed by atoms with E-state index >= 15 is 0 Å². The van der Waals surface area contributed by atoms with Gasteiger partial charge in [-0.05, 0) is 36.5 Å². The number of aliphatic carboxylic acids is 1. The minimum atomic E-state index is -0.943. The van der Waals surface area contributed by atoms with Crippen molar-refractivity contribution in [2.24, 2.45) is 0 Å².